The highest BCUT2D eigenvalue weighted by molar-refractivity contribution is 5.99. The molecule has 1 unspecified atom stereocenters. The molecule has 0 bridgehead atoms. The van der Waals surface area contributed by atoms with Crippen molar-refractivity contribution in [1.82, 2.24) is 19.7 Å². The van der Waals surface area contributed by atoms with Gasteiger partial charge in [-0.3, -0.25) is 15.1 Å². The average Bonchev–Trinajstić information content (AvgIpc) is 3.27. The Morgan fingerprint density at radius 3 is 2.54 bits per heavy atom. The lowest BCUT2D eigenvalue weighted by molar-refractivity contribution is -0.383. The summed E-state index contributed by atoms with van der Waals surface area (Å²) in [6, 6.07) is 13.3. The maximum atomic E-state index is 11.3. The van der Waals surface area contributed by atoms with Crippen molar-refractivity contribution in [2.75, 3.05) is 11.9 Å². The Balaban J connectivity index is 1.68. The highest BCUT2D eigenvalue weighted by Crippen LogP contribution is 2.35. The number of fused-ring (bicyclic) bond motifs is 1. The van der Waals surface area contributed by atoms with Crippen LogP contribution in [0.2, 0.25) is 0 Å². The molecule has 0 aliphatic rings. The van der Waals surface area contributed by atoms with Crippen LogP contribution in [0.3, 0.4) is 0 Å². The summed E-state index contributed by atoms with van der Waals surface area (Å²) in [7, 11) is 1.98. The summed E-state index contributed by atoms with van der Waals surface area (Å²) in [6.07, 6.45) is 6.35. The summed E-state index contributed by atoms with van der Waals surface area (Å²) in [5, 5.41) is 16.8. The van der Waals surface area contributed by atoms with Gasteiger partial charge in [0.1, 0.15) is 12.7 Å². The van der Waals surface area contributed by atoms with Crippen LogP contribution in [0.15, 0.2) is 67.5 Å². The number of nitrogens with zero attached hydrogens (tertiary/aromatic N) is 6. The standard InChI is InChI=1S/C20H18N6O2/c1-14(15-3-5-16(6-4-15)25-13-22-12-23-25)24(2)19-7-8-20(26(27)28)18-11-21-10-9-17(18)19/h3-14H,1-2H3. The van der Waals surface area contributed by atoms with Gasteiger partial charge in [0.2, 0.25) is 0 Å². The van der Waals surface area contributed by atoms with Crippen LogP contribution in [0, 0.1) is 10.1 Å². The molecule has 140 valence electrons. The van der Waals surface area contributed by atoms with Crippen molar-refractivity contribution in [3.05, 3.63) is 83.2 Å². The lowest BCUT2D eigenvalue weighted by Gasteiger charge is -2.28. The Morgan fingerprint density at radius 1 is 1.07 bits per heavy atom. The molecule has 2 aromatic carbocycles. The van der Waals surface area contributed by atoms with Crippen LogP contribution in [0.4, 0.5) is 11.4 Å². The first-order valence-corrected chi connectivity index (χ1v) is 8.75. The van der Waals surface area contributed by atoms with Gasteiger partial charge in [-0.15, -0.1) is 0 Å². The second kappa shape index (κ2) is 7.07. The summed E-state index contributed by atoms with van der Waals surface area (Å²) in [5.74, 6) is 0. The van der Waals surface area contributed by atoms with Crippen molar-refractivity contribution in [2.24, 2.45) is 0 Å². The van der Waals surface area contributed by atoms with Gasteiger partial charge in [-0.2, -0.15) is 5.10 Å². The van der Waals surface area contributed by atoms with Crippen LogP contribution < -0.4 is 4.90 Å². The number of aromatic nitrogens is 4. The smallest absolute Gasteiger partial charge is 0.278 e. The van der Waals surface area contributed by atoms with E-state index in [1.54, 1.807) is 29.5 Å². The first-order valence-electron chi connectivity index (χ1n) is 8.75. The lowest BCUT2D eigenvalue weighted by atomic mass is 10.0. The molecule has 4 rings (SSSR count). The molecule has 8 nitrogen and oxygen atoms in total. The number of non-ortho nitro benzene ring substituents is 1. The zero-order valence-corrected chi connectivity index (χ0v) is 15.4. The molecule has 8 heteroatoms. The Hall–Kier alpha value is -3.81. The number of anilines is 1. The van der Waals surface area contributed by atoms with Crippen LogP contribution in [-0.4, -0.2) is 31.7 Å². The minimum absolute atomic E-state index is 0.0580. The summed E-state index contributed by atoms with van der Waals surface area (Å²) in [6.45, 7) is 2.10. The summed E-state index contributed by atoms with van der Waals surface area (Å²) < 4.78 is 1.70. The van der Waals surface area contributed by atoms with Crippen molar-refractivity contribution in [1.29, 1.82) is 0 Å². The van der Waals surface area contributed by atoms with Crippen LogP contribution in [0.5, 0.6) is 0 Å². The van der Waals surface area contributed by atoms with Gasteiger partial charge in [0.25, 0.3) is 5.69 Å². The molecule has 0 amide bonds. The molecule has 0 fully saturated rings. The normalized spacial score (nSPS) is 12.1. The molecule has 2 heterocycles. The number of rotatable bonds is 5. The van der Waals surface area contributed by atoms with E-state index < -0.39 is 0 Å². The highest BCUT2D eigenvalue weighted by atomic mass is 16.6. The van der Waals surface area contributed by atoms with Crippen LogP contribution >= 0.6 is 0 Å². The predicted octanol–water partition coefficient (Wildman–Crippen LogP) is 3.92. The van der Waals surface area contributed by atoms with Crippen molar-refractivity contribution >= 4 is 22.1 Å². The van der Waals surface area contributed by atoms with Crippen LogP contribution in [-0.2, 0) is 0 Å². The molecule has 28 heavy (non-hydrogen) atoms. The second-order valence-corrected chi connectivity index (χ2v) is 6.50. The third-order valence-corrected chi connectivity index (χ3v) is 4.99. The molecule has 0 radical (unpaired) electrons. The van der Waals surface area contributed by atoms with Gasteiger partial charge in [0.05, 0.1) is 22.0 Å². The molecule has 0 aliphatic carbocycles. The maximum absolute atomic E-state index is 11.3. The maximum Gasteiger partial charge on any atom is 0.278 e. The average molecular weight is 374 g/mol. The molecule has 0 N–H and O–H groups in total. The van der Waals surface area contributed by atoms with E-state index in [1.165, 1.54) is 12.4 Å². The number of nitro groups is 1. The first kappa shape index (κ1) is 17.6. The van der Waals surface area contributed by atoms with Crippen LogP contribution in [0.1, 0.15) is 18.5 Å². The molecular weight excluding hydrogens is 356 g/mol. The Bertz CT molecular complexity index is 1130. The quantitative estimate of drug-likeness (QED) is 0.388. The molecule has 0 spiro atoms. The number of hydrogen-bond donors (Lipinski definition) is 0. The minimum atomic E-state index is -0.375. The van der Waals surface area contributed by atoms with E-state index in [4.69, 9.17) is 0 Å². The fraction of sp³-hybridized carbons (Fsp3) is 0.150. The Morgan fingerprint density at radius 2 is 1.86 bits per heavy atom. The number of pyridine rings is 1. The number of hydrogen-bond acceptors (Lipinski definition) is 6. The molecule has 4 aromatic rings. The van der Waals surface area contributed by atoms with E-state index in [9.17, 15) is 10.1 Å². The van der Waals surface area contributed by atoms with E-state index >= 15 is 0 Å². The topological polar surface area (TPSA) is 90.0 Å². The molecule has 1 atom stereocenters. The lowest BCUT2D eigenvalue weighted by Crippen LogP contribution is -2.22. The van der Waals surface area contributed by atoms with E-state index in [-0.39, 0.29) is 16.7 Å². The molecule has 0 saturated carbocycles. The SMILES string of the molecule is CC(c1ccc(-n2cncn2)cc1)N(C)c1ccc([N+](=O)[O-])c2cnccc12. The first-order chi connectivity index (χ1) is 13.6. The highest BCUT2D eigenvalue weighted by Gasteiger charge is 2.19. The fourth-order valence-corrected chi connectivity index (χ4v) is 3.31. The van der Waals surface area contributed by atoms with E-state index in [1.807, 2.05) is 37.4 Å². The number of nitro benzene ring substituents is 1. The summed E-state index contributed by atoms with van der Waals surface area (Å²) >= 11 is 0. The molecule has 2 aromatic heterocycles. The second-order valence-electron chi connectivity index (χ2n) is 6.50. The third kappa shape index (κ3) is 3.05. The van der Waals surface area contributed by atoms with Gasteiger partial charge in [0, 0.05) is 36.6 Å². The monoisotopic (exact) mass is 374 g/mol. The summed E-state index contributed by atoms with van der Waals surface area (Å²) in [5.41, 5.74) is 3.02. The van der Waals surface area contributed by atoms with Gasteiger partial charge in [-0.05, 0) is 36.8 Å². The number of benzene rings is 2. The van der Waals surface area contributed by atoms with Gasteiger partial charge >= 0.3 is 0 Å². The zero-order chi connectivity index (χ0) is 19.7. The molecular formula is C20H18N6O2. The van der Waals surface area contributed by atoms with Gasteiger partial charge < -0.3 is 4.90 Å². The Labute approximate surface area is 161 Å². The van der Waals surface area contributed by atoms with Crippen molar-refractivity contribution in [2.45, 2.75) is 13.0 Å². The molecule has 0 aliphatic heterocycles. The van der Waals surface area contributed by atoms with Crippen molar-refractivity contribution < 1.29 is 4.92 Å². The molecule has 0 saturated heterocycles. The predicted molar refractivity (Wildman–Crippen MR) is 107 cm³/mol. The van der Waals surface area contributed by atoms with E-state index in [0.29, 0.717) is 5.39 Å². The van der Waals surface area contributed by atoms with Crippen LogP contribution in [0.25, 0.3) is 16.5 Å². The van der Waals surface area contributed by atoms with E-state index in [2.05, 4.69) is 26.9 Å². The van der Waals surface area contributed by atoms with Crippen molar-refractivity contribution in [3.8, 4) is 5.69 Å². The Kier molecular flexibility index (Phi) is 4.44. The van der Waals surface area contributed by atoms with E-state index in [0.717, 1.165) is 22.3 Å². The third-order valence-electron chi connectivity index (χ3n) is 4.99. The fourth-order valence-electron chi connectivity index (χ4n) is 3.31. The summed E-state index contributed by atoms with van der Waals surface area (Å²) in [4.78, 5) is 21.1. The minimum Gasteiger partial charge on any atom is -0.367 e. The largest absolute Gasteiger partial charge is 0.367 e. The van der Waals surface area contributed by atoms with Gasteiger partial charge in [0.15, 0.2) is 0 Å². The van der Waals surface area contributed by atoms with Gasteiger partial charge in [-0.1, -0.05) is 12.1 Å². The van der Waals surface area contributed by atoms with Gasteiger partial charge in [-0.25, -0.2) is 9.67 Å². The zero-order valence-electron chi connectivity index (χ0n) is 15.4. The van der Waals surface area contributed by atoms with Crippen molar-refractivity contribution in [3.63, 3.8) is 0 Å².